The maximum atomic E-state index is 6.26. The fourth-order valence-corrected chi connectivity index (χ4v) is 3.06. The first kappa shape index (κ1) is 12.5. The summed E-state index contributed by atoms with van der Waals surface area (Å²) in [6.45, 7) is 2.05. The Morgan fingerprint density at radius 1 is 1.32 bits per heavy atom. The van der Waals surface area contributed by atoms with Crippen molar-refractivity contribution >= 4 is 23.2 Å². The first-order valence-electron chi connectivity index (χ1n) is 6.80. The Balaban J connectivity index is 1.89. The smallest absolute Gasteiger partial charge is 0.207 e. The lowest BCUT2D eigenvalue weighted by Crippen LogP contribution is -2.08. The molecule has 1 saturated carbocycles. The molecular formula is C15H18ClN3. The number of benzene rings is 1. The molecule has 0 bridgehead atoms. The zero-order chi connectivity index (χ0) is 13.2. The second kappa shape index (κ2) is 5.25. The monoisotopic (exact) mass is 275 g/mol. The van der Waals surface area contributed by atoms with Gasteiger partial charge < -0.3 is 9.88 Å². The number of para-hydroxylation sites is 1. The first-order chi connectivity index (χ1) is 9.25. The molecule has 3 nitrogen and oxygen atoms in total. The van der Waals surface area contributed by atoms with Crippen LogP contribution in [0.5, 0.6) is 0 Å². The highest BCUT2D eigenvalue weighted by atomic mass is 35.5. The van der Waals surface area contributed by atoms with Crippen LogP contribution in [0, 0.1) is 6.92 Å². The Bertz CT molecular complexity index is 550. The summed E-state index contributed by atoms with van der Waals surface area (Å²) in [5, 5.41) is 4.12. The number of hydrogen-bond donors (Lipinski definition) is 1. The molecule has 3 rings (SSSR count). The molecule has 1 aliphatic rings. The molecule has 0 saturated heterocycles. The van der Waals surface area contributed by atoms with E-state index in [9.17, 15) is 0 Å². The summed E-state index contributed by atoms with van der Waals surface area (Å²) in [6.07, 6.45) is 9.03. The van der Waals surface area contributed by atoms with Gasteiger partial charge in [-0.2, -0.15) is 0 Å². The SMILES string of the molecule is Cc1cccc(Cl)c1Nc1nccn1C1CCCC1. The predicted octanol–water partition coefficient (Wildman–Crippen LogP) is 4.70. The number of hydrogen-bond acceptors (Lipinski definition) is 2. The van der Waals surface area contributed by atoms with Gasteiger partial charge in [0.2, 0.25) is 5.95 Å². The topological polar surface area (TPSA) is 29.9 Å². The van der Waals surface area contributed by atoms with Crippen LogP contribution in [0.3, 0.4) is 0 Å². The van der Waals surface area contributed by atoms with Crippen molar-refractivity contribution in [2.24, 2.45) is 0 Å². The molecule has 0 amide bonds. The van der Waals surface area contributed by atoms with Crippen molar-refractivity contribution < 1.29 is 0 Å². The van der Waals surface area contributed by atoms with E-state index in [-0.39, 0.29) is 0 Å². The number of aryl methyl sites for hydroxylation is 1. The van der Waals surface area contributed by atoms with Gasteiger partial charge in [0.15, 0.2) is 0 Å². The summed E-state index contributed by atoms with van der Waals surface area (Å²) < 4.78 is 2.25. The Hall–Kier alpha value is -1.48. The van der Waals surface area contributed by atoms with E-state index in [1.807, 2.05) is 18.3 Å². The molecule has 1 aromatic carbocycles. The molecule has 4 heteroatoms. The average Bonchev–Trinajstić information content (AvgIpc) is 3.04. The lowest BCUT2D eigenvalue weighted by molar-refractivity contribution is 0.525. The molecule has 1 fully saturated rings. The molecule has 1 aliphatic carbocycles. The van der Waals surface area contributed by atoms with Crippen LogP contribution >= 0.6 is 11.6 Å². The van der Waals surface area contributed by atoms with Crippen LogP contribution in [-0.4, -0.2) is 9.55 Å². The van der Waals surface area contributed by atoms with E-state index in [0.29, 0.717) is 6.04 Å². The molecule has 0 radical (unpaired) electrons. The minimum Gasteiger partial charge on any atom is -0.324 e. The minimum absolute atomic E-state index is 0.577. The standard InChI is InChI=1S/C15H18ClN3/c1-11-5-4-8-13(16)14(11)18-15-17-9-10-19(15)12-6-2-3-7-12/h4-5,8-10,12H,2-3,6-7H2,1H3,(H,17,18). The Morgan fingerprint density at radius 2 is 2.11 bits per heavy atom. The molecule has 1 N–H and O–H groups in total. The summed E-state index contributed by atoms with van der Waals surface area (Å²) in [7, 11) is 0. The normalized spacial score (nSPS) is 15.9. The lowest BCUT2D eigenvalue weighted by Gasteiger charge is -2.17. The number of rotatable bonds is 3. The zero-order valence-electron chi connectivity index (χ0n) is 11.1. The summed E-state index contributed by atoms with van der Waals surface area (Å²) in [4.78, 5) is 4.43. The summed E-state index contributed by atoms with van der Waals surface area (Å²) in [5.74, 6) is 0.892. The van der Waals surface area contributed by atoms with Crippen molar-refractivity contribution in [3.05, 3.63) is 41.2 Å². The molecule has 1 heterocycles. The van der Waals surface area contributed by atoms with E-state index in [1.54, 1.807) is 0 Å². The first-order valence-corrected chi connectivity index (χ1v) is 7.18. The van der Waals surface area contributed by atoms with Crippen LogP contribution in [0.2, 0.25) is 5.02 Å². The van der Waals surface area contributed by atoms with Gasteiger partial charge in [-0.3, -0.25) is 0 Å². The van der Waals surface area contributed by atoms with Gasteiger partial charge in [0.1, 0.15) is 0 Å². The quantitative estimate of drug-likeness (QED) is 0.880. The second-order valence-electron chi connectivity index (χ2n) is 5.15. The van der Waals surface area contributed by atoms with E-state index < -0.39 is 0 Å². The number of nitrogens with one attached hydrogen (secondary N) is 1. The largest absolute Gasteiger partial charge is 0.324 e. The van der Waals surface area contributed by atoms with Gasteiger partial charge in [-0.25, -0.2) is 4.98 Å². The fourth-order valence-electron chi connectivity index (χ4n) is 2.79. The summed E-state index contributed by atoms with van der Waals surface area (Å²) in [5.41, 5.74) is 2.09. The van der Waals surface area contributed by atoms with Gasteiger partial charge >= 0.3 is 0 Å². The highest BCUT2D eigenvalue weighted by molar-refractivity contribution is 6.33. The van der Waals surface area contributed by atoms with Gasteiger partial charge in [-0.15, -0.1) is 0 Å². The molecule has 100 valence electrons. The third-order valence-corrected chi connectivity index (χ3v) is 4.16. The van der Waals surface area contributed by atoms with Gasteiger partial charge in [0, 0.05) is 18.4 Å². The third kappa shape index (κ3) is 2.47. The molecule has 19 heavy (non-hydrogen) atoms. The van der Waals surface area contributed by atoms with Crippen molar-refractivity contribution in [1.29, 1.82) is 0 Å². The van der Waals surface area contributed by atoms with Crippen LogP contribution < -0.4 is 5.32 Å². The third-order valence-electron chi connectivity index (χ3n) is 3.85. The predicted molar refractivity (Wildman–Crippen MR) is 79.2 cm³/mol. The van der Waals surface area contributed by atoms with Gasteiger partial charge in [-0.1, -0.05) is 36.6 Å². The summed E-state index contributed by atoms with van der Waals surface area (Å²) in [6, 6.07) is 6.50. The maximum Gasteiger partial charge on any atom is 0.207 e. The van der Waals surface area contributed by atoms with Crippen molar-refractivity contribution in [2.45, 2.75) is 38.6 Å². The van der Waals surface area contributed by atoms with E-state index in [2.05, 4.69) is 34.1 Å². The van der Waals surface area contributed by atoms with Gasteiger partial charge in [0.05, 0.1) is 10.7 Å². The molecule has 2 aromatic rings. The molecule has 0 unspecified atom stereocenters. The number of halogens is 1. The number of anilines is 2. The Morgan fingerprint density at radius 3 is 2.84 bits per heavy atom. The van der Waals surface area contributed by atoms with Crippen LogP contribution in [0.15, 0.2) is 30.6 Å². The minimum atomic E-state index is 0.577. The number of nitrogens with zero attached hydrogens (tertiary/aromatic N) is 2. The van der Waals surface area contributed by atoms with Crippen molar-refractivity contribution in [1.82, 2.24) is 9.55 Å². The van der Waals surface area contributed by atoms with Crippen LogP contribution in [0.25, 0.3) is 0 Å². The lowest BCUT2D eigenvalue weighted by atomic mass is 10.2. The molecule has 0 aliphatic heterocycles. The molecule has 1 aromatic heterocycles. The number of aromatic nitrogens is 2. The highest BCUT2D eigenvalue weighted by Crippen LogP contribution is 2.34. The van der Waals surface area contributed by atoms with Crippen molar-refractivity contribution in [3.63, 3.8) is 0 Å². The fraction of sp³-hybridized carbons (Fsp3) is 0.400. The van der Waals surface area contributed by atoms with Crippen LogP contribution in [-0.2, 0) is 0 Å². The van der Waals surface area contributed by atoms with Gasteiger partial charge in [0.25, 0.3) is 0 Å². The second-order valence-corrected chi connectivity index (χ2v) is 5.56. The zero-order valence-corrected chi connectivity index (χ0v) is 11.8. The van der Waals surface area contributed by atoms with Gasteiger partial charge in [-0.05, 0) is 31.4 Å². The average molecular weight is 276 g/mol. The Kier molecular flexibility index (Phi) is 3.47. The highest BCUT2D eigenvalue weighted by Gasteiger charge is 2.19. The molecular weight excluding hydrogens is 258 g/mol. The van der Waals surface area contributed by atoms with Crippen molar-refractivity contribution in [2.75, 3.05) is 5.32 Å². The molecule has 0 spiro atoms. The van der Waals surface area contributed by atoms with E-state index >= 15 is 0 Å². The summed E-state index contributed by atoms with van der Waals surface area (Å²) >= 11 is 6.26. The maximum absolute atomic E-state index is 6.26. The number of imidazole rings is 1. The van der Waals surface area contributed by atoms with Crippen LogP contribution in [0.1, 0.15) is 37.3 Å². The van der Waals surface area contributed by atoms with E-state index in [1.165, 1.54) is 25.7 Å². The Labute approximate surface area is 118 Å². The van der Waals surface area contributed by atoms with Crippen LogP contribution in [0.4, 0.5) is 11.6 Å². The van der Waals surface area contributed by atoms with Crippen molar-refractivity contribution in [3.8, 4) is 0 Å². The van der Waals surface area contributed by atoms with E-state index in [0.717, 1.165) is 22.2 Å². The van der Waals surface area contributed by atoms with E-state index in [4.69, 9.17) is 11.6 Å². The molecule has 0 atom stereocenters.